The molecule has 0 spiro atoms. The number of benzene rings is 2. The van der Waals surface area contributed by atoms with E-state index in [4.69, 9.17) is 11.6 Å². The number of aliphatic hydroxyl groups excluding tert-OH is 1. The van der Waals surface area contributed by atoms with Crippen LogP contribution < -0.4 is 0 Å². The topological polar surface area (TPSA) is 20.2 Å². The number of hydrogen-bond acceptors (Lipinski definition) is 1. The van der Waals surface area contributed by atoms with Crippen LogP contribution >= 0.6 is 11.6 Å². The van der Waals surface area contributed by atoms with E-state index in [2.05, 4.69) is 0 Å². The Morgan fingerprint density at radius 2 is 1.65 bits per heavy atom. The molecule has 0 radical (unpaired) electrons. The van der Waals surface area contributed by atoms with Gasteiger partial charge in [0.2, 0.25) is 0 Å². The maximum Gasteiger partial charge on any atom is 0.147 e. The first kappa shape index (κ1) is 12.0. The van der Waals surface area contributed by atoms with Gasteiger partial charge in [-0.15, -0.1) is 0 Å². The monoisotopic (exact) mass is 254 g/mol. The molecule has 2 rings (SSSR count). The normalized spacial score (nSPS) is 12.5. The van der Waals surface area contributed by atoms with Gasteiger partial charge in [-0.2, -0.15) is 0 Å². The highest BCUT2D eigenvalue weighted by Crippen LogP contribution is 2.27. The lowest BCUT2D eigenvalue weighted by atomic mass is 10.0. The highest BCUT2D eigenvalue weighted by molar-refractivity contribution is 6.30. The molecule has 0 amide bonds. The summed E-state index contributed by atoms with van der Waals surface area (Å²) in [5.41, 5.74) is 0.483. The van der Waals surface area contributed by atoms with Gasteiger partial charge in [-0.3, -0.25) is 0 Å². The molecular formula is C13H9ClF2O. The summed E-state index contributed by atoms with van der Waals surface area (Å²) in [6.07, 6.45) is -1.16. The molecule has 0 aliphatic heterocycles. The first-order chi connectivity index (χ1) is 8.09. The molecule has 0 bridgehead atoms. The molecule has 0 aliphatic carbocycles. The van der Waals surface area contributed by atoms with Gasteiger partial charge in [0.15, 0.2) is 0 Å². The van der Waals surface area contributed by atoms with E-state index in [1.807, 2.05) is 0 Å². The summed E-state index contributed by atoms with van der Waals surface area (Å²) in [5, 5.41) is 9.91. The van der Waals surface area contributed by atoms with Crippen LogP contribution in [0.15, 0.2) is 42.5 Å². The van der Waals surface area contributed by atoms with Crippen LogP contribution in [0.25, 0.3) is 0 Å². The quantitative estimate of drug-likeness (QED) is 0.866. The van der Waals surface area contributed by atoms with Crippen molar-refractivity contribution < 1.29 is 13.9 Å². The average molecular weight is 255 g/mol. The summed E-state index contributed by atoms with van der Waals surface area (Å²) < 4.78 is 26.4. The van der Waals surface area contributed by atoms with E-state index in [9.17, 15) is 13.9 Å². The Morgan fingerprint density at radius 3 is 2.29 bits per heavy atom. The van der Waals surface area contributed by atoms with Crippen molar-refractivity contribution in [3.63, 3.8) is 0 Å². The van der Waals surface area contributed by atoms with E-state index in [0.29, 0.717) is 5.56 Å². The Hall–Kier alpha value is -1.45. The number of hydrogen-bond donors (Lipinski definition) is 1. The van der Waals surface area contributed by atoms with Gasteiger partial charge in [0, 0.05) is 5.56 Å². The minimum absolute atomic E-state index is 0.0522. The molecule has 2 aromatic rings. The molecule has 4 heteroatoms. The Bertz CT molecular complexity index is 525. The minimum atomic E-state index is -1.16. The number of rotatable bonds is 2. The Labute approximate surface area is 102 Å². The Balaban J connectivity index is 2.40. The van der Waals surface area contributed by atoms with Gasteiger partial charge in [0.25, 0.3) is 0 Å². The SMILES string of the molecule is OC(c1ccc(F)cc1)c1cccc(Cl)c1F. The van der Waals surface area contributed by atoms with Crippen molar-refractivity contribution in [2.24, 2.45) is 0 Å². The lowest BCUT2D eigenvalue weighted by Crippen LogP contribution is -2.02. The first-order valence-corrected chi connectivity index (χ1v) is 5.35. The Kier molecular flexibility index (Phi) is 3.41. The molecule has 88 valence electrons. The van der Waals surface area contributed by atoms with Gasteiger partial charge in [-0.05, 0) is 23.8 Å². The summed E-state index contributed by atoms with van der Waals surface area (Å²) in [4.78, 5) is 0. The van der Waals surface area contributed by atoms with Crippen molar-refractivity contribution in [2.75, 3.05) is 0 Å². The zero-order valence-corrected chi connectivity index (χ0v) is 9.46. The molecule has 0 saturated heterocycles. The van der Waals surface area contributed by atoms with Gasteiger partial charge < -0.3 is 5.11 Å². The zero-order chi connectivity index (χ0) is 12.4. The van der Waals surface area contributed by atoms with Crippen LogP contribution in [0.1, 0.15) is 17.2 Å². The highest BCUT2D eigenvalue weighted by atomic mass is 35.5. The fraction of sp³-hybridized carbons (Fsp3) is 0.0769. The van der Waals surface area contributed by atoms with Gasteiger partial charge in [0.1, 0.15) is 17.7 Å². The third-order valence-corrected chi connectivity index (χ3v) is 2.75. The van der Waals surface area contributed by atoms with Gasteiger partial charge >= 0.3 is 0 Å². The number of halogens is 3. The predicted molar refractivity (Wildman–Crippen MR) is 61.9 cm³/mol. The van der Waals surface area contributed by atoms with Crippen LogP contribution in [-0.2, 0) is 0 Å². The zero-order valence-electron chi connectivity index (χ0n) is 8.70. The van der Waals surface area contributed by atoms with E-state index in [1.54, 1.807) is 6.07 Å². The van der Waals surface area contributed by atoms with Crippen LogP contribution in [0, 0.1) is 11.6 Å². The minimum Gasteiger partial charge on any atom is -0.384 e. The Morgan fingerprint density at radius 1 is 1.00 bits per heavy atom. The van der Waals surface area contributed by atoms with Gasteiger partial charge in [0.05, 0.1) is 5.02 Å². The van der Waals surface area contributed by atoms with Crippen LogP contribution in [0.4, 0.5) is 8.78 Å². The van der Waals surface area contributed by atoms with Crippen LogP contribution in [0.2, 0.25) is 5.02 Å². The molecule has 1 nitrogen and oxygen atoms in total. The summed E-state index contributed by atoms with van der Waals surface area (Å²) in [5.74, 6) is -1.07. The molecule has 1 atom stereocenters. The molecule has 17 heavy (non-hydrogen) atoms. The van der Waals surface area contributed by atoms with Crippen molar-refractivity contribution >= 4 is 11.6 Å². The molecule has 2 aromatic carbocycles. The molecule has 0 saturated carbocycles. The summed E-state index contributed by atoms with van der Waals surface area (Å²) in [6.45, 7) is 0. The van der Waals surface area contributed by atoms with Crippen molar-refractivity contribution in [3.8, 4) is 0 Å². The van der Waals surface area contributed by atoms with Gasteiger partial charge in [-0.1, -0.05) is 35.9 Å². The van der Waals surface area contributed by atoms with E-state index in [1.165, 1.54) is 36.4 Å². The lowest BCUT2D eigenvalue weighted by Gasteiger charge is -2.12. The number of aliphatic hydroxyl groups is 1. The second-order valence-electron chi connectivity index (χ2n) is 3.60. The summed E-state index contributed by atoms with van der Waals surface area (Å²) in [6, 6.07) is 9.61. The molecule has 0 fully saturated rings. The average Bonchev–Trinajstić information content (AvgIpc) is 2.33. The largest absolute Gasteiger partial charge is 0.384 e. The van der Waals surface area contributed by atoms with Crippen molar-refractivity contribution in [1.82, 2.24) is 0 Å². The van der Waals surface area contributed by atoms with Crippen LogP contribution in [0.3, 0.4) is 0 Å². The van der Waals surface area contributed by atoms with E-state index in [-0.39, 0.29) is 10.6 Å². The fourth-order valence-electron chi connectivity index (χ4n) is 1.56. The second-order valence-corrected chi connectivity index (χ2v) is 4.00. The summed E-state index contributed by atoms with van der Waals surface area (Å²) in [7, 11) is 0. The second kappa shape index (κ2) is 4.82. The van der Waals surface area contributed by atoms with Crippen LogP contribution in [0.5, 0.6) is 0 Å². The van der Waals surface area contributed by atoms with E-state index < -0.39 is 17.7 Å². The summed E-state index contributed by atoms with van der Waals surface area (Å²) >= 11 is 5.62. The lowest BCUT2D eigenvalue weighted by molar-refractivity contribution is 0.215. The van der Waals surface area contributed by atoms with Crippen molar-refractivity contribution in [3.05, 3.63) is 70.2 Å². The van der Waals surface area contributed by atoms with Crippen molar-refractivity contribution in [2.45, 2.75) is 6.10 Å². The smallest absolute Gasteiger partial charge is 0.147 e. The predicted octanol–water partition coefficient (Wildman–Crippen LogP) is 3.70. The molecular weight excluding hydrogens is 246 g/mol. The fourth-order valence-corrected chi connectivity index (χ4v) is 1.74. The highest BCUT2D eigenvalue weighted by Gasteiger charge is 2.16. The standard InChI is InChI=1S/C13H9ClF2O/c14-11-3-1-2-10(12(11)16)13(17)8-4-6-9(15)7-5-8/h1-7,13,17H. The molecule has 0 heterocycles. The van der Waals surface area contributed by atoms with Crippen molar-refractivity contribution in [1.29, 1.82) is 0 Å². The maximum atomic E-state index is 13.7. The first-order valence-electron chi connectivity index (χ1n) is 4.97. The molecule has 1 N–H and O–H groups in total. The van der Waals surface area contributed by atoms with E-state index >= 15 is 0 Å². The van der Waals surface area contributed by atoms with Crippen LogP contribution in [-0.4, -0.2) is 5.11 Å². The third kappa shape index (κ3) is 2.46. The molecule has 0 aliphatic rings. The molecule has 0 aromatic heterocycles. The molecule has 1 unspecified atom stereocenters. The van der Waals surface area contributed by atoms with E-state index in [0.717, 1.165) is 0 Å². The van der Waals surface area contributed by atoms with Gasteiger partial charge in [-0.25, -0.2) is 8.78 Å². The third-order valence-electron chi connectivity index (χ3n) is 2.46. The maximum absolute atomic E-state index is 13.7.